The van der Waals surface area contributed by atoms with Gasteiger partial charge in [0.1, 0.15) is 11.4 Å². The van der Waals surface area contributed by atoms with Crippen LogP contribution in [-0.4, -0.2) is 21.7 Å². The van der Waals surface area contributed by atoms with Gasteiger partial charge in [0.2, 0.25) is 5.78 Å². The summed E-state index contributed by atoms with van der Waals surface area (Å²) < 4.78 is 5.27. The molecule has 0 radical (unpaired) electrons. The fourth-order valence-corrected chi connectivity index (χ4v) is 2.60. The molecule has 1 aromatic carbocycles. The van der Waals surface area contributed by atoms with Gasteiger partial charge in [-0.25, -0.2) is 0 Å². The number of aromatic amines is 1. The number of rotatable bonds is 3. The summed E-state index contributed by atoms with van der Waals surface area (Å²) in [7, 11) is 0. The van der Waals surface area contributed by atoms with E-state index < -0.39 is 5.97 Å². The molecule has 122 valence electrons. The lowest BCUT2D eigenvalue weighted by Gasteiger charge is -2.05. The molecule has 3 aromatic rings. The summed E-state index contributed by atoms with van der Waals surface area (Å²) in [6.07, 6.45) is 1.65. The molecule has 0 bridgehead atoms. The van der Waals surface area contributed by atoms with Crippen LogP contribution in [0.3, 0.4) is 0 Å². The monoisotopic (exact) mass is 342 g/mol. The van der Waals surface area contributed by atoms with Crippen LogP contribution in [0.1, 0.15) is 34.2 Å². The number of aryl methyl sites for hydroxylation is 2. The summed E-state index contributed by atoms with van der Waals surface area (Å²) >= 11 is 6.00. The third-order valence-electron chi connectivity index (χ3n) is 3.79. The van der Waals surface area contributed by atoms with Gasteiger partial charge in [-0.05, 0) is 49.2 Å². The van der Waals surface area contributed by atoms with Gasteiger partial charge < -0.3 is 9.72 Å². The summed E-state index contributed by atoms with van der Waals surface area (Å²) in [4.78, 5) is 31.5. The maximum absolute atomic E-state index is 12.8. The largest absolute Gasteiger partial charge is 0.424 e. The van der Waals surface area contributed by atoms with E-state index in [4.69, 9.17) is 16.3 Å². The average Bonchev–Trinajstić information content (AvgIpc) is 2.86. The highest BCUT2D eigenvalue weighted by Crippen LogP contribution is 2.33. The van der Waals surface area contributed by atoms with E-state index in [-0.39, 0.29) is 22.9 Å². The zero-order valence-corrected chi connectivity index (χ0v) is 14.2. The van der Waals surface area contributed by atoms with Crippen LogP contribution in [0.25, 0.3) is 10.9 Å². The van der Waals surface area contributed by atoms with Crippen molar-refractivity contribution < 1.29 is 14.3 Å². The van der Waals surface area contributed by atoms with Gasteiger partial charge in [-0.15, -0.1) is 0 Å². The molecule has 1 N–H and O–H groups in total. The molecule has 24 heavy (non-hydrogen) atoms. The average molecular weight is 343 g/mol. The quantitative estimate of drug-likeness (QED) is 0.577. The Labute approximate surface area is 143 Å². The Morgan fingerprint density at radius 3 is 2.58 bits per heavy atom. The third-order valence-corrected chi connectivity index (χ3v) is 4.03. The highest BCUT2D eigenvalue weighted by atomic mass is 35.5. The number of hydrogen-bond donors (Lipinski definition) is 1. The Morgan fingerprint density at radius 1 is 1.17 bits per heavy atom. The van der Waals surface area contributed by atoms with Crippen molar-refractivity contribution in [2.75, 3.05) is 0 Å². The van der Waals surface area contributed by atoms with Crippen LogP contribution in [0, 0.1) is 13.8 Å². The Balaban J connectivity index is 2.18. The maximum Gasteiger partial charge on any atom is 0.308 e. The summed E-state index contributed by atoms with van der Waals surface area (Å²) in [5.41, 5.74) is 3.03. The van der Waals surface area contributed by atoms with Crippen LogP contribution in [0.5, 0.6) is 5.75 Å². The lowest BCUT2D eigenvalue weighted by Crippen LogP contribution is -2.10. The first kappa shape index (κ1) is 16.2. The molecule has 2 heterocycles. The number of hydrogen-bond acceptors (Lipinski definition) is 4. The second-order valence-corrected chi connectivity index (χ2v) is 6.03. The van der Waals surface area contributed by atoms with Crippen LogP contribution in [0.2, 0.25) is 5.02 Å². The maximum atomic E-state index is 12.8. The number of H-pyrrole nitrogens is 1. The molecule has 3 rings (SSSR count). The lowest BCUT2D eigenvalue weighted by atomic mass is 10.1. The molecule has 2 aromatic heterocycles. The summed E-state index contributed by atoms with van der Waals surface area (Å²) in [5, 5.41) is 1.13. The van der Waals surface area contributed by atoms with Gasteiger partial charge >= 0.3 is 5.97 Å². The van der Waals surface area contributed by atoms with Crippen molar-refractivity contribution in [2.45, 2.75) is 20.8 Å². The number of benzene rings is 1. The summed E-state index contributed by atoms with van der Waals surface area (Å²) in [5.74, 6) is -0.659. The third kappa shape index (κ3) is 2.90. The molecule has 0 fully saturated rings. The zero-order chi connectivity index (χ0) is 17.4. The first-order valence-corrected chi connectivity index (χ1v) is 7.72. The number of nitrogens with one attached hydrogen (secondary N) is 1. The van der Waals surface area contributed by atoms with E-state index in [1.807, 2.05) is 13.8 Å². The van der Waals surface area contributed by atoms with Crippen LogP contribution < -0.4 is 4.74 Å². The highest BCUT2D eigenvalue weighted by molar-refractivity contribution is 6.31. The fraction of sp³-hybridized carbons (Fsp3) is 0.167. The molecule has 0 saturated carbocycles. The Bertz CT molecular complexity index is 976. The Hall–Kier alpha value is -2.66. The van der Waals surface area contributed by atoms with E-state index in [9.17, 15) is 9.59 Å². The number of nitrogens with zero attached hydrogens (tertiary/aromatic N) is 1. The lowest BCUT2D eigenvalue weighted by molar-refractivity contribution is -0.131. The fourth-order valence-electron chi connectivity index (χ4n) is 2.43. The minimum Gasteiger partial charge on any atom is -0.424 e. The smallest absolute Gasteiger partial charge is 0.308 e. The number of pyridine rings is 1. The number of fused-ring (bicyclic) bond motifs is 1. The van der Waals surface area contributed by atoms with Crippen molar-refractivity contribution in [1.29, 1.82) is 0 Å². The molecule has 0 amide bonds. The van der Waals surface area contributed by atoms with Gasteiger partial charge in [0.15, 0.2) is 5.75 Å². The predicted octanol–water partition coefficient (Wildman–Crippen LogP) is 3.99. The molecule has 6 heteroatoms. The van der Waals surface area contributed by atoms with Crippen LogP contribution in [0.4, 0.5) is 0 Å². The van der Waals surface area contributed by atoms with Gasteiger partial charge in [0.25, 0.3) is 0 Å². The molecular formula is C18H15ClN2O3. The van der Waals surface area contributed by atoms with Gasteiger partial charge in [-0.3, -0.25) is 14.6 Å². The van der Waals surface area contributed by atoms with E-state index in [1.165, 1.54) is 6.92 Å². The number of carbonyl (C=O) groups is 2. The Morgan fingerprint density at radius 2 is 1.92 bits per heavy atom. The topological polar surface area (TPSA) is 72.1 Å². The summed E-state index contributed by atoms with van der Waals surface area (Å²) in [6.45, 7) is 5.12. The van der Waals surface area contributed by atoms with E-state index in [2.05, 4.69) is 9.97 Å². The van der Waals surface area contributed by atoms with E-state index in [0.29, 0.717) is 15.9 Å². The van der Waals surface area contributed by atoms with E-state index in [0.717, 1.165) is 11.1 Å². The Kier molecular flexibility index (Phi) is 4.11. The standard InChI is InChI=1S/C18H15ClN2O3/c1-9-6-15(20-8-10(9)2)17(23)16-18(24-11(3)22)13-5-4-12(19)7-14(13)21-16/h4-8,21H,1-3H3. The number of esters is 1. The molecule has 5 nitrogen and oxygen atoms in total. The number of halogens is 1. The van der Waals surface area contributed by atoms with Crippen molar-refractivity contribution in [3.8, 4) is 5.75 Å². The number of aromatic nitrogens is 2. The number of ketones is 1. The molecule has 0 unspecified atom stereocenters. The summed E-state index contributed by atoms with van der Waals surface area (Å²) in [6, 6.07) is 6.77. The predicted molar refractivity (Wildman–Crippen MR) is 91.8 cm³/mol. The van der Waals surface area contributed by atoms with Gasteiger partial charge in [0, 0.05) is 23.5 Å². The van der Waals surface area contributed by atoms with Crippen molar-refractivity contribution in [3.05, 3.63) is 58.0 Å². The highest BCUT2D eigenvalue weighted by Gasteiger charge is 2.23. The number of ether oxygens (including phenoxy) is 1. The van der Waals surface area contributed by atoms with Crippen LogP contribution in [-0.2, 0) is 4.79 Å². The normalized spacial score (nSPS) is 10.8. The van der Waals surface area contributed by atoms with Crippen LogP contribution in [0.15, 0.2) is 30.5 Å². The molecule has 0 spiro atoms. The number of carbonyl (C=O) groups excluding carboxylic acids is 2. The molecule has 0 atom stereocenters. The minimum atomic E-state index is -0.507. The zero-order valence-electron chi connectivity index (χ0n) is 13.4. The van der Waals surface area contributed by atoms with Gasteiger partial charge in [-0.2, -0.15) is 0 Å². The first-order valence-electron chi connectivity index (χ1n) is 7.34. The first-order chi connectivity index (χ1) is 11.4. The molecule has 0 aliphatic rings. The van der Waals surface area contributed by atoms with Crippen molar-refractivity contribution in [2.24, 2.45) is 0 Å². The van der Waals surface area contributed by atoms with E-state index >= 15 is 0 Å². The molecular weight excluding hydrogens is 328 g/mol. The molecule has 0 aliphatic heterocycles. The van der Waals surface area contributed by atoms with Gasteiger partial charge in [0.05, 0.1) is 5.52 Å². The second kappa shape index (κ2) is 6.09. The minimum absolute atomic E-state index is 0.179. The van der Waals surface area contributed by atoms with Crippen molar-refractivity contribution in [1.82, 2.24) is 9.97 Å². The second-order valence-electron chi connectivity index (χ2n) is 5.60. The van der Waals surface area contributed by atoms with Crippen molar-refractivity contribution in [3.63, 3.8) is 0 Å². The van der Waals surface area contributed by atoms with Crippen LogP contribution >= 0.6 is 11.6 Å². The molecule has 0 aliphatic carbocycles. The SMILES string of the molecule is CC(=O)Oc1c(C(=O)c2cc(C)c(C)cn2)[nH]c2cc(Cl)ccc12. The van der Waals surface area contributed by atoms with Gasteiger partial charge in [-0.1, -0.05) is 11.6 Å². The van der Waals surface area contributed by atoms with Crippen molar-refractivity contribution >= 4 is 34.3 Å². The molecule has 0 saturated heterocycles. The van der Waals surface area contributed by atoms with E-state index in [1.54, 1.807) is 30.5 Å².